The predicted octanol–water partition coefficient (Wildman–Crippen LogP) is 4.81. The van der Waals surface area contributed by atoms with Gasteiger partial charge in [-0.15, -0.1) is 13.2 Å². The van der Waals surface area contributed by atoms with Crippen LogP contribution in [0, 0.1) is 0 Å². The zero-order valence-electron chi connectivity index (χ0n) is 15.3. The van der Waals surface area contributed by atoms with E-state index in [1.165, 1.54) is 12.1 Å². The lowest BCUT2D eigenvalue weighted by Crippen LogP contribution is -2.31. The smallest absolute Gasteiger partial charge is 0.399 e. The van der Waals surface area contributed by atoms with Crippen LogP contribution >= 0.6 is 0 Å². The maximum Gasteiger partial charge on any atom is 0.573 e. The maximum atomic E-state index is 12.6. The Morgan fingerprint density at radius 1 is 0.586 bits per heavy atom. The Balaban J connectivity index is 1.59. The molecule has 0 unspecified atom stereocenters. The van der Waals surface area contributed by atoms with Gasteiger partial charge in [0.15, 0.2) is 24.8 Å². The van der Waals surface area contributed by atoms with Crippen molar-refractivity contribution in [1.29, 1.82) is 0 Å². The summed E-state index contributed by atoms with van der Waals surface area (Å²) in [5, 5.41) is 0. The van der Waals surface area contributed by atoms with E-state index in [4.69, 9.17) is 0 Å². The third kappa shape index (κ3) is 4.43. The monoisotopic (exact) mass is 394 g/mol. The molecule has 0 aliphatic heterocycles. The van der Waals surface area contributed by atoms with Crippen molar-refractivity contribution in [2.45, 2.75) is 6.36 Å². The molecule has 0 bridgehead atoms. The van der Waals surface area contributed by atoms with E-state index in [1.54, 1.807) is 29.1 Å². The van der Waals surface area contributed by atoms with Gasteiger partial charge in [0, 0.05) is 42.5 Å². The minimum atomic E-state index is -4.74. The second-order valence-electron chi connectivity index (χ2n) is 6.34. The third-order valence-corrected chi connectivity index (χ3v) is 4.42. The zero-order chi connectivity index (χ0) is 20.3. The van der Waals surface area contributed by atoms with E-state index in [1.807, 2.05) is 71.6 Å². The van der Waals surface area contributed by atoms with Crippen LogP contribution in [0.25, 0.3) is 22.5 Å². The Morgan fingerprint density at radius 3 is 1.69 bits per heavy atom. The highest BCUT2D eigenvalue weighted by Crippen LogP contribution is 2.26. The molecule has 0 atom stereocenters. The lowest BCUT2D eigenvalue weighted by molar-refractivity contribution is -0.596. The van der Waals surface area contributed by atoms with E-state index in [9.17, 15) is 13.2 Å². The van der Waals surface area contributed by atoms with Crippen LogP contribution in [0.3, 0.4) is 0 Å². The molecule has 0 N–H and O–H groups in total. The number of para-hydroxylation sites is 3. The first-order valence-corrected chi connectivity index (χ1v) is 8.93. The minimum absolute atomic E-state index is 0.249. The number of benzene rings is 2. The van der Waals surface area contributed by atoms with E-state index in [-0.39, 0.29) is 5.75 Å². The van der Waals surface area contributed by atoms with Crippen molar-refractivity contribution < 1.29 is 27.0 Å². The van der Waals surface area contributed by atoms with Crippen molar-refractivity contribution >= 4 is 0 Å². The van der Waals surface area contributed by atoms with Crippen molar-refractivity contribution in [3.05, 3.63) is 104 Å². The molecular formula is C23H17F3N2O+2. The molecule has 2 aromatic carbocycles. The molecule has 0 radical (unpaired) electrons. The SMILES string of the molecule is FC(F)(F)Oc1ccccc1-[n+]1ccc(-c2cc[n+](-c3ccccc3)cc2)cc1. The third-order valence-electron chi connectivity index (χ3n) is 4.42. The molecular weight excluding hydrogens is 377 g/mol. The number of halogens is 3. The molecule has 4 aromatic rings. The lowest BCUT2D eigenvalue weighted by Gasteiger charge is -2.09. The Hall–Kier alpha value is -3.67. The highest BCUT2D eigenvalue weighted by molar-refractivity contribution is 5.61. The predicted molar refractivity (Wildman–Crippen MR) is 102 cm³/mol. The molecule has 0 aliphatic carbocycles. The Bertz CT molecular complexity index is 1090. The van der Waals surface area contributed by atoms with Gasteiger partial charge >= 0.3 is 6.36 Å². The summed E-state index contributed by atoms with van der Waals surface area (Å²) in [6, 6.07) is 23.7. The molecule has 2 heterocycles. The molecule has 0 spiro atoms. The van der Waals surface area contributed by atoms with Crippen LogP contribution in [-0.4, -0.2) is 6.36 Å². The second-order valence-corrected chi connectivity index (χ2v) is 6.34. The molecule has 0 amide bonds. The lowest BCUT2D eigenvalue weighted by atomic mass is 10.1. The first-order chi connectivity index (χ1) is 14.0. The topological polar surface area (TPSA) is 17.0 Å². The Labute approximate surface area is 165 Å². The molecule has 4 rings (SSSR count). The van der Waals surface area contributed by atoms with Crippen LogP contribution in [0.1, 0.15) is 0 Å². The quantitative estimate of drug-likeness (QED) is 0.454. The van der Waals surface area contributed by atoms with Crippen molar-refractivity contribution in [3.63, 3.8) is 0 Å². The van der Waals surface area contributed by atoms with Gasteiger partial charge in [0.1, 0.15) is 0 Å². The molecule has 0 saturated carbocycles. The average Bonchev–Trinajstić information content (AvgIpc) is 2.74. The van der Waals surface area contributed by atoms with Gasteiger partial charge in [0.05, 0.1) is 0 Å². The van der Waals surface area contributed by atoms with Crippen LogP contribution in [-0.2, 0) is 0 Å². The van der Waals surface area contributed by atoms with Crippen molar-refractivity contribution in [2.75, 3.05) is 0 Å². The number of pyridine rings is 2. The number of hydrogen-bond donors (Lipinski definition) is 0. The number of aromatic nitrogens is 2. The normalized spacial score (nSPS) is 11.3. The Morgan fingerprint density at radius 2 is 1.10 bits per heavy atom. The molecule has 3 nitrogen and oxygen atoms in total. The van der Waals surface area contributed by atoms with E-state index >= 15 is 0 Å². The first kappa shape index (κ1) is 18.7. The second kappa shape index (κ2) is 7.75. The summed E-state index contributed by atoms with van der Waals surface area (Å²) >= 11 is 0. The van der Waals surface area contributed by atoms with Crippen LogP contribution in [0.2, 0.25) is 0 Å². The zero-order valence-corrected chi connectivity index (χ0v) is 15.3. The summed E-state index contributed by atoms with van der Waals surface area (Å²) in [6.07, 6.45) is 2.63. The molecule has 2 aromatic heterocycles. The van der Waals surface area contributed by atoms with Crippen LogP contribution in [0.5, 0.6) is 5.75 Å². The Kier molecular flexibility index (Phi) is 4.99. The van der Waals surface area contributed by atoms with E-state index in [0.717, 1.165) is 16.8 Å². The molecule has 0 fully saturated rings. The van der Waals surface area contributed by atoms with E-state index in [0.29, 0.717) is 5.69 Å². The fraction of sp³-hybridized carbons (Fsp3) is 0.0435. The summed E-state index contributed by atoms with van der Waals surface area (Å²) < 4.78 is 45.7. The average molecular weight is 394 g/mol. The molecule has 0 aliphatic rings. The summed E-state index contributed by atoms with van der Waals surface area (Å²) in [4.78, 5) is 0. The van der Waals surface area contributed by atoms with Crippen LogP contribution in [0.4, 0.5) is 13.2 Å². The summed E-state index contributed by atoms with van der Waals surface area (Å²) in [5.41, 5.74) is 3.33. The van der Waals surface area contributed by atoms with Crippen molar-refractivity contribution in [1.82, 2.24) is 0 Å². The number of rotatable bonds is 4. The largest absolute Gasteiger partial charge is 0.573 e. The van der Waals surface area contributed by atoms with Crippen molar-refractivity contribution in [2.24, 2.45) is 0 Å². The maximum absolute atomic E-state index is 12.6. The van der Waals surface area contributed by atoms with Gasteiger partial charge in [-0.25, -0.2) is 0 Å². The number of ether oxygens (including phenoxy) is 1. The number of hydrogen-bond acceptors (Lipinski definition) is 1. The number of nitrogens with zero attached hydrogens (tertiary/aromatic N) is 2. The summed E-state index contributed by atoms with van der Waals surface area (Å²) in [5.74, 6) is -0.249. The van der Waals surface area contributed by atoms with Gasteiger partial charge < -0.3 is 4.74 Å². The highest BCUT2D eigenvalue weighted by Gasteiger charge is 2.33. The van der Waals surface area contributed by atoms with Gasteiger partial charge in [-0.3, -0.25) is 0 Å². The van der Waals surface area contributed by atoms with Gasteiger partial charge in [-0.2, -0.15) is 9.13 Å². The standard InChI is InChI=1S/C23H17F3N2O/c24-23(25,26)29-22-9-5-4-8-21(22)28-16-12-19(13-17-28)18-10-14-27(15-11-18)20-6-2-1-3-7-20/h1-17H/q+2. The van der Waals surface area contributed by atoms with E-state index < -0.39 is 6.36 Å². The van der Waals surface area contributed by atoms with Gasteiger partial charge in [0.2, 0.25) is 11.4 Å². The van der Waals surface area contributed by atoms with Crippen molar-refractivity contribution in [3.8, 4) is 28.3 Å². The fourth-order valence-electron chi connectivity index (χ4n) is 3.05. The van der Waals surface area contributed by atoms with Gasteiger partial charge in [0.25, 0.3) is 5.69 Å². The highest BCUT2D eigenvalue weighted by atomic mass is 19.4. The fourth-order valence-corrected chi connectivity index (χ4v) is 3.05. The molecule has 144 valence electrons. The van der Waals surface area contributed by atoms with Gasteiger partial charge in [-0.05, 0) is 17.2 Å². The van der Waals surface area contributed by atoms with E-state index in [2.05, 4.69) is 4.74 Å². The summed E-state index contributed by atoms with van der Waals surface area (Å²) in [6.45, 7) is 0. The van der Waals surface area contributed by atoms with Gasteiger partial charge in [-0.1, -0.05) is 30.3 Å². The number of alkyl halides is 3. The molecule has 29 heavy (non-hydrogen) atoms. The molecule has 6 heteroatoms. The van der Waals surface area contributed by atoms with Crippen LogP contribution < -0.4 is 13.9 Å². The first-order valence-electron chi connectivity index (χ1n) is 8.93. The van der Waals surface area contributed by atoms with Crippen LogP contribution in [0.15, 0.2) is 104 Å². The minimum Gasteiger partial charge on any atom is -0.399 e. The molecule has 0 saturated heterocycles. The summed E-state index contributed by atoms with van der Waals surface area (Å²) in [7, 11) is 0.